The lowest BCUT2D eigenvalue weighted by Gasteiger charge is -2.30. The molecule has 2 N–H and O–H groups in total. The van der Waals surface area contributed by atoms with Crippen LogP contribution < -0.4 is 0 Å². The van der Waals surface area contributed by atoms with Gasteiger partial charge in [0.1, 0.15) is 6.04 Å². The third-order valence-corrected chi connectivity index (χ3v) is 2.08. The summed E-state index contributed by atoms with van der Waals surface area (Å²) in [5, 5.41) is 17.4. The summed E-state index contributed by atoms with van der Waals surface area (Å²) in [6, 6.07) is -0.905. The van der Waals surface area contributed by atoms with E-state index < -0.39 is 18.0 Å². The van der Waals surface area contributed by atoms with Crippen LogP contribution in [0.25, 0.3) is 0 Å². The second-order valence-electron chi connectivity index (χ2n) is 3.38. The van der Waals surface area contributed by atoms with Gasteiger partial charge in [0.15, 0.2) is 0 Å². The van der Waals surface area contributed by atoms with E-state index in [1.807, 2.05) is 20.8 Å². The molecule has 0 aromatic rings. The Morgan fingerprint density at radius 3 is 2.00 bits per heavy atom. The molecule has 0 aromatic carbocycles. The Kier molecular flexibility index (Phi) is 5.15. The van der Waals surface area contributed by atoms with Gasteiger partial charge in [-0.2, -0.15) is 0 Å². The molecule has 0 heterocycles. The molecule has 0 saturated heterocycles. The van der Waals surface area contributed by atoms with E-state index in [0.29, 0.717) is 6.54 Å². The standard InChI is InChI=1S/C9H17NO4/c1-4-10(6(2)3)7(9(13)14)5-8(11)12/h6-7H,4-5H2,1-3H3,(H,11,12)(H,13,14). The molecule has 0 radical (unpaired) electrons. The second kappa shape index (κ2) is 5.59. The molecule has 1 unspecified atom stereocenters. The van der Waals surface area contributed by atoms with E-state index in [9.17, 15) is 9.59 Å². The molecule has 0 bridgehead atoms. The summed E-state index contributed by atoms with van der Waals surface area (Å²) in [6.45, 7) is 6.04. The van der Waals surface area contributed by atoms with Gasteiger partial charge in [-0.1, -0.05) is 6.92 Å². The first-order chi connectivity index (χ1) is 6.40. The Bertz CT molecular complexity index is 215. The van der Waals surface area contributed by atoms with Crippen LogP contribution in [-0.2, 0) is 9.59 Å². The van der Waals surface area contributed by atoms with Crippen LogP contribution in [0, 0.1) is 0 Å². The van der Waals surface area contributed by atoms with Crippen molar-refractivity contribution in [1.82, 2.24) is 4.90 Å². The largest absolute Gasteiger partial charge is 0.481 e. The molecule has 14 heavy (non-hydrogen) atoms. The SMILES string of the molecule is CCN(C(C)C)C(CC(=O)O)C(=O)O. The number of hydrogen-bond donors (Lipinski definition) is 2. The van der Waals surface area contributed by atoms with E-state index in [1.54, 1.807) is 4.90 Å². The van der Waals surface area contributed by atoms with Gasteiger partial charge < -0.3 is 10.2 Å². The molecule has 1 atom stereocenters. The minimum Gasteiger partial charge on any atom is -0.481 e. The van der Waals surface area contributed by atoms with E-state index in [4.69, 9.17) is 10.2 Å². The van der Waals surface area contributed by atoms with Gasteiger partial charge >= 0.3 is 11.9 Å². The molecular formula is C9H17NO4. The lowest BCUT2D eigenvalue weighted by Crippen LogP contribution is -2.46. The number of nitrogens with zero attached hydrogens (tertiary/aromatic N) is 1. The Labute approximate surface area is 83.3 Å². The van der Waals surface area contributed by atoms with Gasteiger partial charge in [0.25, 0.3) is 0 Å². The van der Waals surface area contributed by atoms with E-state index in [-0.39, 0.29) is 12.5 Å². The normalized spacial score (nSPS) is 13.2. The molecule has 0 fully saturated rings. The minimum atomic E-state index is -1.09. The number of likely N-dealkylation sites (N-methyl/N-ethyl adjacent to an activating group) is 1. The van der Waals surface area contributed by atoms with E-state index in [0.717, 1.165) is 0 Å². The first kappa shape index (κ1) is 12.9. The summed E-state index contributed by atoms with van der Waals surface area (Å²) < 4.78 is 0. The predicted molar refractivity (Wildman–Crippen MR) is 51.2 cm³/mol. The number of hydrogen-bond acceptors (Lipinski definition) is 3. The highest BCUT2D eigenvalue weighted by molar-refractivity contribution is 5.80. The number of carboxylic acids is 2. The zero-order valence-electron chi connectivity index (χ0n) is 8.73. The van der Waals surface area contributed by atoms with Crippen molar-refractivity contribution in [3.05, 3.63) is 0 Å². The van der Waals surface area contributed by atoms with Crippen molar-refractivity contribution in [2.75, 3.05) is 6.54 Å². The van der Waals surface area contributed by atoms with Crippen LogP contribution in [0.2, 0.25) is 0 Å². The van der Waals surface area contributed by atoms with Crippen LogP contribution >= 0.6 is 0 Å². The molecule has 0 aliphatic heterocycles. The summed E-state index contributed by atoms with van der Waals surface area (Å²) >= 11 is 0. The highest BCUT2D eigenvalue weighted by Crippen LogP contribution is 2.09. The van der Waals surface area contributed by atoms with E-state index in [1.165, 1.54) is 0 Å². The highest BCUT2D eigenvalue weighted by Gasteiger charge is 2.28. The molecule has 5 heteroatoms. The fraction of sp³-hybridized carbons (Fsp3) is 0.778. The zero-order chi connectivity index (χ0) is 11.3. The van der Waals surface area contributed by atoms with Crippen molar-refractivity contribution in [1.29, 1.82) is 0 Å². The van der Waals surface area contributed by atoms with Gasteiger partial charge in [-0.3, -0.25) is 14.5 Å². The number of aliphatic carboxylic acids is 2. The maximum absolute atomic E-state index is 10.8. The van der Waals surface area contributed by atoms with Crippen LogP contribution in [0.15, 0.2) is 0 Å². The number of carbonyl (C=O) groups is 2. The second-order valence-corrected chi connectivity index (χ2v) is 3.38. The summed E-state index contributed by atoms with van der Waals surface area (Å²) in [5.74, 6) is -2.17. The topological polar surface area (TPSA) is 77.8 Å². The molecule has 0 aliphatic rings. The number of carboxylic acid groups (broad SMARTS) is 2. The molecule has 0 amide bonds. The Morgan fingerprint density at radius 1 is 1.29 bits per heavy atom. The van der Waals surface area contributed by atoms with Gasteiger partial charge in [0.2, 0.25) is 0 Å². The Hall–Kier alpha value is -1.10. The summed E-state index contributed by atoms with van der Waals surface area (Å²) in [6.07, 6.45) is -0.360. The summed E-state index contributed by atoms with van der Waals surface area (Å²) in [4.78, 5) is 23.0. The first-order valence-electron chi connectivity index (χ1n) is 4.60. The fourth-order valence-electron chi connectivity index (χ4n) is 1.46. The highest BCUT2D eigenvalue weighted by atomic mass is 16.4. The molecule has 0 saturated carbocycles. The molecule has 82 valence electrons. The first-order valence-corrected chi connectivity index (χ1v) is 4.60. The van der Waals surface area contributed by atoms with E-state index >= 15 is 0 Å². The van der Waals surface area contributed by atoms with Gasteiger partial charge in [-0.15, -0.1) is 0 Å². The summed E-state index contributed by atoms with van der Waals surface area (Å²) in [5.41, 5.74) is 0. The third-order valence-electron chi connectivity index (χ3n) is 2.08. The maximum atomic E-state index is 10.8. The van der Waals surface area contributed by atoms with Crippen molar-refractivity contribution >= 4 is 11.9 Å². The molecule has 0 aliphatic carbocycles. The quantitative estimate of drug-likeness (QED) is 0.662. The molecular weight excluding hydrogens is 186 g/mol. The lowest BCUT2D eigenvalue weighted by atomic mass is 10.1. The third kappa shape index (κ3) is 3.74. The molecule has 5 nitrogen and oxygen atoms in total. The molecule has 0 rings (SSSR count). The van der Waals surface area contributed by atoms with Crippen LogP contribution in [-0.4, -0.2) is 45.7 Å². The average molecular weight is 203 g/mol. The van der Waals surface area contributed by atoms with Crippen molar-refractivity contribution in [3.8, 4) is 0 Å². The van der Waals surface area contributed by atoms with Crippen LogP contribution in [0.4, 0.5) is 0 Å². The summed E-state index contributed by atoms with van der Waals surface area (Å²) in [7, 11) is 0. The zero-order valence-corrected chi connectivity index (χ0v) is 8.73. The smallest absolute Gasteiger partial charge is 0.321 e. The van der Waals surface area contributed by atoms with Crippen LogP contribution in [0.5, 0.6) is 0 Å². The van der Waals surface area contributed by atoms with Crippen molar-refractivity contribution < 1.29 is 19.8 Å². The maximum Gasteiger partial charge on any atom is 0.321 e. The van der Waals surface area contributed by atoms with Crippen LogP contribution in [0.1, 0.15) is 27.2 Å². The van der Waals surface area contributed by atoms with Gasteiger partial charge in [-0.25, -0.2) is 0 Å². The van der Waals surface area contributed by atoms with Crippen molar-refractivity contribution in [2.45, 2.75) is 39.3 Å². The van der Waals surface area contributed by atoms with Gasteiger partial charge in [-0.05, 0) is 20.4 Å². The molecule has 0 spiro atoms. The predicted octanol–water partition coefficient (Wildman–Crippen LogP) is 0.645. The Morgan fingerprint density at radius 2 is 1.79 bits per heavy atom. The van der Waals surface area contributed by atoms with Crippen LogP contribution in [0.3, 0.4) is 0 Å². The van der Waals surface area contributed by atoms with Crippen molar-refractivity contribution in [3.63, 3.8) is 0 Å². The van der Waals surface area contributed by atoms with E-state index in [2.05, 4.69) is 0 Å². The van der Waals surface area contributed by atoms with Crippen molar-refractivity contribution in [2.24, 2.45) is 0 Å². The number of rotatable bonds is 6. The average Bonchev–Trinajstić information content (AvgIpc) is 2.02. The van der Waals surface area contributed by atoms with Gasteiger partial charge in [0, 0.05) is 6.04 Å². The van der Waals surface area contributed by atoms with Gasteiger partial charge in [0.05, 0.1) is 6.42 Å². The Balaban J connectivity index is 4.60. The lowest BCUT2D eigenvalue weighted by molar-refractivity contribution is -0.150. The molecule has 0 aromatic heterocycles. The monoisotopic (exact) mass is 203 g/mol. The minimum absolute atomic E-state index is 0.0282. The fourth-order valence-corrected chi connectivity index (χ4v) is 1.46.